The fraction of sp³-hybridized carbons (Fsp3) is 0.161. The Hall–Kier alpha value is -3.87. The molecule has 6 heteroatoms. The largest absolute Gasteiger partial charge is 0.457 e. The molecule has 2 unspecified atom stereocenters. The lowest BCUT2D eigenvalue weighted by Crippen LogP contribution is -2.59. The van der Waals surface area contributed by atoms with E-state index in [0.29, 0.717) is 0 Å². The molecule has 4 aromatic carbocycles. The molecule has 1 aliphatic heterocycles. The number of carbonyl (C=O) groups excluding carboxylic acids is 2. The zero-order chi connectivity index (χ0) is 25.7. The van der Waals surface area contributed by atoms with E-state index in [1.807, 2.05) is 84.9 Å². The van der Waals surface area contributed by atoms with E-state index in [2.05, 4.69) is 36.4 Å². The SMILES string of the molecule is O=C(OCc1ccccc1)C(O)N1C(=O)CC1SC(c1ccccc1)(c1ccccc1)c1ccccc1. The van der Waals surface area contributed by atoms with Crippen LogP contribution in [-0.4, -0.2) is 33.5 Å². The predicted octanol–water partition coefficient (Wildman–Crippen LogP) is 5.33. The quantitative estimate of drug-likeness (QED) is 0.188. The number of hydrogen-bond donors (Lipinski definition) is 1. The van der Waals surface area contributed by atoms with Crippen molar-refractivity contribution in [1.82, 2.24) is 4.90 Å². The predicted molar refractivity (Wildman–Crippen MR) is 144 cm³/mol. The molecule has 0 aromatic heterocycles. The molecule has 0 saturated carbocycles. The van der Waals surface area contributed by atoms with Gasteiger partial charge in [-0.15, -0.1) is 11.8 Å². The van der Waals surface area contributed by atoms with Crippen LogP contribution in [0.3, 0.4) is 0 Å². The molecule has 0 radical (unpaired) electrons. The number of carbonyl (C=O) groups is 2. The minimum atomic E-state index is -1.68. The Morgan fingerprint density at radius 1 is 0.811 bits per heavy atom. The number of β-lactam (4-membered cyclic amide) rings is 1. The maximum absolute atomic E-state index is 12.7. The van der Waals surface area contributed by atoms with Crippen molar-refractivity contribution >= 4 is 23.6 Å². The van der Waals surface area contributed by atoms with Gasteiger partial charge in [0.2, 0.25) is 12.1 Å². The average Bonchev–Trinajstić information content (AvgIpc) is 2.96. The van der Waals surface area contributed by atoms with Crippen molar-refractivity contribution < 1.29 is 19.4 Å². The molecule has 0 aliphatic carbocycles. The number of likely N-dealkylation sites (tertiary alicyclic amines) is 1. The van der Waals surface area contributed by atoms with Crippen molar-refractivity contribution in [3.8, 4) is 0 Å². The van der Waals surface area contributed by atoms with Gasteiger partial charge in [0.25, 0.3) is 0 Å². The summed E-state index contributed by atoms with van der Waals surface area (Å²) in [6.45, 7) is 0.0263. The van der Waals surface area contributed by atoms with Gasteiger partial charge in [0.1, 0.15) is 6.61 Å². The zero-order valence-corrected chi connectivity index (χ0v) is 21.0. The summed E-state index contributed by atoms with van der Waals surface area (Å²) in [6, 6.07) is 39.6. The Morgan fingerprint density at radius 2 is 1.24 bits per heavy atom. The number of hydrogen-bond acceptors (Lipinski definition) is 5. The van der Waals surface area contributed by atoms with Crippen LogP contribution in [0.5, 0.6) is 0 Å². The first-order valence-electron chi connectivity index (χ1n) is 12.1. The van der Waals surface area contributed by atoms with Crippen LogP contribution in [0.2, 0.25) is 0 Å². The molecular weight excluding hydrogens is 482 g/mol. The molecule has 0 spiro atoms. The second kappa shape index (κ2) is 11.0. The highest BCUT2D eigenvalue weighted by atomic mass is 32.2. The van der Waals surface area contributed by atoms with Crippen molar-refractivity contribution in [3.63, 3.8) is 0 Å². The van der Waals surface area contributed by atoms with E-state index >= 15 is 0 Å². The van der Waals surface area contributed by atoms with Gasteiger partial charge >= 0.3 is 5.97 Å². The lowest BCUT2D eigenvalue weighted by Gasteiger charge is -2.47. The van der Waals surface area contributed by atoms with Crippen molar-refractivity contribution in [1.29, 1.82) is 0 Å². The zero-order valence-electron chi connectivity index (χ0n) is 20.1. The third-order valence-corrected chi connectivity index (χ3v) is 8.23. The minimum absolute atomic E-state index is 0.0263. The van der Waals surface area contributed by atoms with Gasteiger partial charge in [-0.05, 0) is 22.3 Å². The average molecular weight is 510 g/mol. The molecule has 0 bridgehead atoms. The second-order valence-corrected chi connectivity index (χ2v) is 10.2. The number of nitrogens with zero attached hydrogens (tertiary/aromatic N) is 1. The summed E-state index contributed by atoms with van der Waals surface area (Å²) in [6.07, 6.45) is -1.47. The molecule has 2 atom stereocenters. The molecule has 1 saturated heterocycles. The van der Waals surface area contributed by atoms with Crippen molar-refractivity contribution in [2.24, 2.45) is 0 Å². The van der Waals surface area contributed by atoms with E-state index in [4.69, 9.17) is 4.74 Å². The number of benzene rings is 4. The Labute approximate surface area is 220 Å². The number of ether oxygens (including phenoxy) is 1. The number of thioether (sulfide) groups is 1. The first-order valence-corrected chi connectivity index (χ1v) is 13.0. The van der Waals surface area contributed by atoms with Gasteiger partial charge in [-0.2, -0.15) is 0 Å². The first kappa shape index (κ1) is 24.8. The standard InChI is InChI=1S/C31H27NO4S/c33-27-21-28(32(27)29(34)30(35)36-22-23-13-5-1-6-14-23)37-31(24-15-7-2-8-16-24,25-17-9-3-10-18-25)26-19-11-4-12-20-26/h1-20,28-29,34H,21-22H2. The molecule has 1 heterocycles. The van der Waals surface area contributed by atoms with E-state index in [0.717, 1.165) is 22.3 Å². The smallest absolute Gasteiger partial charge is 0.356 e. The number of aliphatic hydroxyl groups excluding tert-OH is 1. The molecule has 1 fully saturated rings. The van der Waals surface area contributed by atoms with Crippen LogP contribution in [0.1, 0.15) is 28.7 Å². The fourth-order valence-corrected chi connectivity index (χ4v) is 6.43. The summed E-state index contributed by atoms with van der Waals surface area (Å²) in [5, 5.41) is 10.4. The third kappa shape index (κ3) is 5.03. The first-order chi connectivity index (χ1) is 18.1. The minimum Gasteiger partial charge on any atom is -0.457 e. The van der Waals surface area contributed by atoms with Gasteiger partial charge in [0.15, 0.2) is 0 Å². The number of amides is 1. The van der Waals surface area contributed by atoms with Gasteiger partial charge in [-0.1, -0.05) is 121 Å². The lowest BCUT2D eigenvalue weighted by atomic mass is 9.84. The lowest BCUT2D eigenvalue weighted by molar-refractivity contribution is -0.179. The topological polar surface area (TPSA) is 66.8 Å². The Kier molecular flexibility index (Phi) is 7.40. The van der Waals surface area contributed by atoms with Crippen LogP contribution in [0.4, 0.5) is 0 Å². The van der Waals surface area contributed by atoms with E-state index in [1.165, 1.54) is 4.90 Å². The highest BCUT2D eigenvalue weighted by Crippen LogP contribution is 2.53. The van der Waals surface area contributed by atoms with Crippen LogP contribution in [0.25, 0.3) is 0 Å². The number of esters is 1. The third-order valence-electron chi connectivity index (χ3n) is 6.50. The Balaban J connectivity index is 1.47. The monoisotopic (exact) mass is 509 g/mol. The van der Waals surface area contributed by atoms with Crippen LogP contribution in [0, 0.1) is 0 Å². The summed E-state index contributed by atoms with van der Waals surface area (Å²) < 4.78 is 4.66. The van der Waals surface area contributed by atoms with Crippen LogP contribution >= 0.6 is 11.8 Å². The van der Waals surface area contributed by atoms with Crippen LogP contribution < -0.4 is 0 Å². The Bertz CT molecular complexity index is 1240. The van der Waals surface area contributed by atoms with Crippen molar-refractivity contribution in [2.75, 3.05) is 0 Å². The summed E-state index contributed by atoms with van der Waals surface area (Å²) in [7, 11) is 0. The summed E-state index contributed by atoms with van der Waals surface area (Å²) in [5.41, 5.74) is 3.92. The molecule has 4 aromatic rings. The molecule has 1 amide bonds. The second-order valence-electron chi connectivity index (χ2n) is 8.82. The van der Waals surface area contributed by atoms with Crippen molar-refractivity contribution in [3.05, 3.63) is 144 Å². The number of aliphatic hydroxyl groups is 1. The summed E-state index contributed by atoms with van der Waals surface area (Å²) in [5.74, 6) is -1.13. The molecule has 5 nitrogen and oxygen atoms in total. The molecule has 1 N–H and O–H groups in total. The van der Waals surface area contributed by atoms with Gasteiger partial charge in [-0.3, -0.25) is 9.69 Å². The highest BCUT2D eigenvalue weighted by molar-refractivity contribution is 8.01. The summed E-state index contributed by atoms with van der Waals surface area (Å²) in [4.78, 5) is 26.7. The van der Waals surface area contributed by atoms with Crippen LogP contribution in [-0.2, 0) is 25.7 Å². The highest BCUT2D eigenvalue weighted by Gasteiger charge is 2.50. The molecule has 1 aliphatic rings. The van der Waals surface area contributed by atoms with Gasteiger partial charge in [0, 0.05) is 0 Å². The normalized spacial score (nSPS) is 16.1. The van der Waals surface area contributed by atoms with Gasteiger partial charge in [-0.25, -0.2) is 4.79 Å². The van der Waals surface area contributed by atoms with Gasteiger partial charge < -0.3 is 9.84 Å². The Morgan fingerprint density at radius 3 is 1.68 bits per heavy atom. The molecule has 5 rings (SSSR count). The van der Waals surface area contributed by atoms with Crippen molar-refractivity contribution in [2.45, 2.75) is 29.4 Å². The fourth-order valence-electron chi connectivity index (χ4n) is 4.64. The maximum Gasteiger partial charge on any atom is 0.356 e. The van der Waals surface area contributed by atoms with Crippen LogP contribution in [0.15, 0.2) is 121 Å². The van der Waals surface area contributed by atoms with E-state index in [-0.39, 0.29) is 18.9 Å². The molecule has 37 heavy (non-hydrogen) atoms. The maximum atomic E-state index is 12.7. The molecular formula is C31H27NO4S. The van der Waals surface area contributed by atoms with E-state index < -0.39 is 22.3 Å². The van der Waals surface area contributed by atoms with E-state index in [9.17, 15) is 14.7 Å². The molecule has 186 valence electrons. The van der Waals surface area contributed by atoms with Gasteiger partial charge in [0.05, 0.1) is 16.5 Å². The van der Waals surface area contributed by atoms with E-state index in [1.54, 1.807) is 11.8 Å². The summed E-state index contributed by atoms with van der Waals surface area (Å²) >= 11 is 1.55. The number of rotatable bonds is 9.